The zero-order valence-electron chi connectivity index (χ0n) is 16.3. The second kappa shape index (κ2) is 7.09. The van der Waals surface area contributed by atoms with E-state index in [0.717, 1.165) is 35.3 Å². The van der Waals surface area contributed by atoms with Crippen LogP contribution < -0.4 is 11.1 Å². The van der Waals surface area contributed by atoms with Gasteiger partial charge in [-0.05, 0) is 54.2 Å². The van der Waals surface area contributed by atoms with Crippen LogP contribution in [0, 0.1) is 23.7 Å². The average Bonchev–Trinajstić information content (AvgIpc) is 3.12. The van der Waals surface area contributed by atoms with Crippen molar-refractivity contribution in [2.45, 2.75) is 25.7 Å². The van der Waals surface area contributed by atoms with E-state index in [1.165, 1.54) is 16.9 Å². The molecule has 0 radical (unpaired) electrons. The highest BCUT2D eigenvalue weighted by Gasteiger charge is 2.48. The van der Waals surface area contributed by atoms with Crippen LogP contribution in [0.5, 0.6) is 0 Å². The lowest BCUT2D eigenvalue weighted by atomic mass is 9.62. The Hall–Kier alpha value is -2.93. The molecule has 0 saturated heterocycles. The number of benzene rings is 1. The Balaban J connectivity index is 1.52. The van der Waals surface area contributed by atoms with Crippen LogP contribution in [0.1, 0.15) is 34.3 Å². The quantitative estimate of drug-likeness (QED) is 0.656. The van der Waals surface area contributed by atoms with Crippen molar-refractivity contribution < 1.29 is 19.5 Å². The van der Waals surface area contributed by atoms with Crippen LogP contribution in [0.4, 0.5) is 5.00 Å². The number of carboxylic acid groups (broad SMARTS) is 1. The number of amides is 2. The van der Waals surface area contributed by atoms with Crippen LogP contribution in [0.15, 0.2) is 36.4 Å². The smallest absolute Gasteiger partial charge is 0.307 e. The topological polar surface area (TPSA) is 109 Å². The molecule has 1 aromatic heterocycles. The summed E-state index contributed by atoms with van der Waals surface area (Å²) in [5.74, 6) is -3.44. The van der Waals surface area contributed by atoms with Crippen LogP contribution in [0.2, 0.25) is 0 Å². The molecule has 2 aromatic rings. The van der Waals surface area contributed by atoms with Gasteiger partial charge in [0.25, 0.3) is 5.91 Å². The maximum atomic E-state index is 13.3. The first-order valence-corrected chi connectivity index (χ1v) is 11.0. The van der Waals surface area contributed by atoms with Gasteiger partial charge in [-0.25, -0.2) is 0 Å². The van der Waals surface area contributed by atoms with Crippen molar-refractivity contribution >= 4 is 34.1 Å². The summed E-state index contributed by atoms with van der Waals surface area (Å²) in [6.45, 7) is 0. The number of nitrogens with one attached hydrogen (secondary N) is 1. The maximum Gasteiger partial charge on any atom is 0.307 e. The molecule has 1 saturated carbocycles. The summed E-state index contributed by atoms with van der Waals surface area (Å²) >= 11 is 1.36. The van der Waals surface area contributed by atoms with Crippen LogP contribution >= 0.6 is 11.3 Å². The van der Waals surface area contributed by atoms with E-state index in [4.69, 9.17) is 5.73 Å². The standard InChI is InChI=1S/C23H22N2O4S/c24-20(26)18-15-10-9-11-3-1-2-4-14(11)19(15)30-22(18)25-21(27)16-12-5-7-13(8-6-12)17(16)23(28)29/h1-5,7,12-13,16-17H,6,8-10H2,(H2,24,26)(H,25,27)(H,28,29). The monoisotopic (exact) mass is 422 g/mol. The van der Waals surface area contributed by atoms with Gasteiger partial charge in [0.15, 0.2) is 0 Å². The van der Waals surface area contributed by atoms with Crippen molar-refractivity contribution in [3.8, 4) is 10.4 Å². The minimum absolute atomic E-state index is 0.0940. The molecule has 30 heavy (non-hydrogen) atoms. The van der Waals surface area contributed by atoms with E-state index in [1.807, 2.05) is 30.4 Å². The molecule has 1 fully saturated rings. The van der Waals surface area contributed by atoms with Gasteiger partial charge in [-0.1, -0.05) is 36.4 Å². The summed E-state index contributed by atoms with van der Waals surface area (Å²) < 4.78 is 0. The first-order valence-electron chi connectivity index (χ1n) is 10.2. The molecule has 0 aliphatic heterocycles. The highest BCUT2D eigenvalue weighted by molar-refractivity contribution is 7.20. The van der Waals surface area contributed by atoms with E-state index in [0.29, 0.717) is 17.0 Å². The lowest BCUT2D eigenvalue weighted by Gasteiger charge is -2.41. The fourth-order valence-corrected chi connectivity index (χ4v) is 6.69. The van der Waals surface area contributed by atoms with E-state index in [1.54, 1.807) is 0 Å². The molecule has 6 nitrogen and oxygen atoms in total. The van der Waals surface area contributed by atoms with Crippen molar-refractivity contribution in [1.82, 2.24) is 0 Å². The van der Waals surface area contributed by atoms with Gasteiger partial charge in [-0.3, -0.25) is 14.4 Å². The van der Waals surface area contributed by atoms with E-state index in [-0.39, 0.29) is 17.7 Å². The number of thiophene rings is 1. The van der Waals surface area contributed by atoms with Crippen molar-refractivity contribution in [3.05, 3.63) is 53.1 Å². The van der Waals surface area contributed by atoms with Crippen LogP contribution in [-0.4, -0.2) is 22.9 Å². The van der Waals surface area contributed by atoms with Gasteiger partial charge in [0, 0.05) is 4.88 Å². The molecule has 2 bridgehead atoms. The van der Waals surface area contributed by atoms with E-state index in [9.17, 15) is 19.5 Å². The minimum atomic E-state index is -0.941. The first kappa shape index (κ1) is 19.1. The second-order valence-electron chi connectivity index (χ2n) is 8.30. The Labute approximate surface area is 177 Å². The number of allylic oxidation sites excluding steroid dienone is 2. The first-order chi connectivity index (χ1) is 14.5. The van der Waals surface area contributed by atoms with Crippen LogP contribution in [0.25, 0.3) is 10.4 Å². The van der Waals surface area contributed by atoms with Gasteiger partial charge in [0.05, 0.1) is 17.4 Å². The number of hydrogen-bond donors (Lipinski definition) is 3. The third kappa shape index (κ3) is 2.88. The minimum Gasteiger partial charge on any atom is -0.481 e. The lowest BCUT2D eigenvalue weighted by molar-refractivity contribution is -0.151. The predicted molar refractivity (Wildman–Crippen MR) is 114 cm³/mol. The highest BCUT2D eigenvalue weighted by atomic mass is 32.1. The van der Waals surface area contributed by atoms with Gasteiger partial charge in [-0.15, -0.1) is 11.3 Å². The largest absolute Gasteiger partial charge is 0.481 e. The summed E-state index contributed by atoms with van der Waals surface area (Å²) in [6.07, 6.45) is 7.00. The second-order valence-corrected chi connectivity index (χ2v) is 9.32. The van der Waals surface area contributed by atoms with E-state index in [2.05, 4.69) is 11.4 Å². The number of fused-ring (bicyclic) bond motifs is 5. The third-order valence-corrected chi connectivity index (χ3v) is 7.91. The summed E-state index contributed by atoms with van der Waals surface area (Å²) in [5, 5.41) is 13.1. The number of carbonyl (C=O) groups excluding carboxylic acids is 2. The molecule has 4 atom stereocenters. The molecule has 2 amide bonds. The Morgan fingerprint density at radius 3 is 2.40 bits per heavy atom. The number of carboxylic acids is 1. The fraction of sp³-hybridized carbons (Fsp3) is 0.348. The van der Waals surface area contributed by atoms with Crippen LogP contribution in [-0.2, 0) is 22.4 Å². The fourth-order valence-electron chi connectivity index (χ4n) is 5.37. The average molecular weight is 423 g/mol. The normalized spacial score (nSPS) is 26.0. The van der Waals surface area contributed by atoms with Crippen molar-refractivity contribution in [3.63, 3.8) is 0 Å². The Bertz CT molecular complexity index is 1100. The molecule has 4 unspecified atom stereocenters. The van der Waals surface area contributed by atoms with Crippen molar-refractivity contribution in [2.24, 2.45) is 29.4 Å². The van der Waals surface area contributed by atoms with Gasteiger partial charge < -0.3 is 16.2 Å². The Morgan fingerprint density at radius 2 is 1.73 bits per heavy atom. The number of anilines is 1. The van der Waals surface area contributed by atoms with E-state index < -0.39 is 23.7 Å². The molecule has 1 aromatic carbocycles. The maximum absolute atomic E-state index is 13.3. The Kier molecular flexibility index (Phi) is 4.50. The molecule has 154 valence electrons. The Morgan fingerprint density at radius 1 is 1.03 bits per heavy atom. The zero-order chi connectivity index (χ0) is 21.0. The molecular formula is C23H22N2O4S. The molecule has 4 aliphatic carbocycles. The van der Waals surface area contributed by atoms with Gasteiger partial charge in [0.1, 0.15) is 5.00 Å². The highest BCUT2D eigenvalue weighted by Crippen LogP contribution is 2.48. The molecule has 1 heterocycles. The van der Waals surface area contributed by atoms with E-state index >= 15 is 0 Å². The van der Waals surface area contributed by atoms with Crippen molar-refractivity contribution in [1.29, 1.82) is 0 Å². The molecular weight excluding hydrogens is 400 g/mol. The molecule has 7 heteroatoms. The predicted octanol–water partition coefficient (Wildman–Crippen LogP) is 3.46. The number of rotatable bonds is 4. The molecule has 4 aliphatic rings. The number of primary amides is 1. The zero-order valence-corrected chi connectivity index (χ0v) is 17.1. The van der Waals surface area contributed by atoms with Gasteiger partial charge in [0.2, 0.25) is 5.91 Å². The molecule has 6 rings (SSSR count). The van der Waals surface area contributed by atoms with Gasteiger partial charge >= 0.3 is 5.97 Å². The summed E-state index contributed by atoms with van der Waals surface area (Å²) in [7, 11) is 0. The van der Waals surface area contributed by atoms with Crippen molar-refractivity contribution in [2.75, 3.05) is 5.32 Å². The lowest BCUT2D eigenvalue weighted by Crippen LogP contribution is -2.47. The number of aryl methyl sites for hydroxylation is 1. The summed E-state index contributed by atoms with van der Waals surface area (Å²) in [4.78, 5) is 38.4. The van der Waals surface area contributed by atoms with Crippen LogP contribution in [0.3, 0.4) is 0 Å². The molecule has 0 spiro atoms. The SMILES string of the molecule is NC(=O)c1c(NC(=O)C2C3C=CC(CC3)C2C(=O)O)sc2c1CCc1ccccc1-2. The number of aliphatic carboxylic acids is 1. The van der Waals surface area contributed by atoms with Gasteiger partial charge in [-0.2, -0.15) is 0 Å². The molecule has 4 N–H and O–H groups in total. The number of nitrogens with two attached hydrogens (primary N) is 1. The third-order valence-electron chi connectivity index (χ3n) is 6.73. The summed E-state index contributed by atoms with van der Waals surface area (Å²) in [5.41, 5.74) is 9.22. The number of hydrogen-bond acceptors (Lipinski definition) is 4. The number of carbonyl (C=O) groups is 3. The summed E-state index contributed by atoms with van der Waals surface area (Å²) in [6, 6.07) is 8.04.